The van der Waals surface area contributed by atoms with Crippen LogP contribution in [-0.4, -0.2) is 11.9 Å². The summed E-state index contributed by atoms with van der Waals surface area (Å²) in [7, 11) is 0. The average Bonchev–Trinajstić information content (AvgIpc) is 2.53. The van der Waals surface area contributed by atoms with Gasteiger partial charge in [0.1, 0.15) is 0 Å². The minimum atomic E-state index is -0.736. The lowest BCUT2D eigenvalue weighted by molar-refractivity contribution is -0.122. The summed E-state index contributed by atoms with van der Waals surface area (Å²) < 4.78 is 0. The molecule has 1 rings (SSSR count). The van der Waals surface area contributed by atoms with Crippen LogP contribution in [0.2, 0.25) is 0 Å². The third-order valence-corrected chi connectivity index (χ3v) is 2.27. The molecule has 4 N–H and O–H groups in total. The molecule has 0 saturated heterocycles. The second kappa shape index (κ2) is 4.69. The fourth-order valence-corrected chi connectivity index (χ4v) is 1.66. The lowest BCUT2D eigenvalue weighted by Gasteiger charge is -2.08. The third-order valence-electron chi connectivity index (χ3n) is 2.27. The van der Waals surface area contributed by atoms with Gasteiger partial charge in [-0.1, -0.05) is 12.8 Å². The third kappa shape index (κ3) is 3.78. The molecule has 74 valence electrons. The Morgan fingerprint density at radius 2 is 1.85 bits per heavy atom. The first-order valence-electron chi connectivity index (χ1n) is 4.53. The van der Waals surface area contributed by atoms with Crippen LogP contribution in [0.4, 0.5) is 4.79 Å². The number of rotatable bonds is 2. The van der Waals surface area contributed by atoms with Gasteiger partial charge in [-0.05, 0) is 18.8 Å². The molecule has 0 aromatic heterocycles. The summed E-state index contributed by atoms with van der Waals surface area (Å²) in [5.41, 5.74) is 9.09. The number of hydrogen-bond acceptors (Lipinski definition) is 2. The molecule has 1 aliphatic carbocycles. The van der Waals surface area contributed by atoms with E-state index in [1.165, 1.54) is 12.8 Å². The van der Waals surface area contributed by atoms with Gasteiger partial charge >= 0.3 is 6.03 Å². The smallest absolute Gasteiger partial charge is 0.330 e. The molecule has 0 atom stereocenters. The predicted molar refractivity (Wildman–Crippen MR) is 47.4 cm³/mol. The minimum Gasteiger partial charge on any atom is -0.350 e. The molecule has 1 aliphatic rings. The Labute approximate surface area is 77.0 Å². The molecule has 3 amide bonds. The summed E-state index contributed by atoms with van der Waals surface area (Å²) in [4.78, 5) is 21.4. The van der Waals surface area contributed by atoms with Gasteiger partial charge in [0.25, 0.3) is 0 Å². The van der Waals surface area contributed by atoms with Gasteiger partial charge < -0.3 is 5.73 Å². The second-order valence-corrected chi connectivity index (χ2v) is 3.39. The van der Waals surface area contributed by atoms with Crippen molar-refractivity contribution in [1.82, 2.24) is 10.9 Å². The molecule has 13 heavy (non-hydrogen) atoms. The van der Waals surface area contributed by atoms with Crippen LogP contribution in [-0.2, 0) is 4.79 Å². The van der Waals surface area contributed by atoms with Gasteiger partial charge in [0, 0.05) is 6.42 Å². The lowest BCUT2D eigenvalue weighted by atomic mass is 10.0. The van der Waals surface area contributed by atoms with Gasteiger partial charge in [-0.25, -0.2) is 10.2 Å². The number of carbonyl (C=O) groups excluding carboxylic acids is 2. The number of nitrogens with two attached hydrogens (primary N) is 1. The van der Waals surface area contributed by atoms with Crippen LogP contribution in [0.15, 0.2) is 0 Å². The molecule has 0 aliphatic heterocycles. The Hall–Kier alpha value is -1.26. The van der Waals surface area contributed by atoms with Crippen LogP contribution in [0.3, 0.4) is 0 Å². The first-order chi connectivity index (χ1) is 6.18. The molecule has 0 radical (unpaired) electrons. The van der Waals surface area contributed by atoms with E-state index in [0.717, 1.165) is 12.8 Å². The first-order valence-corrected chi connectivity index (χ1v) is 4.53. The topological polar surface area (TPSA) is 84.2 Å². The van der Waals surface area contributed by atoms with E-state index < -0.39 is 6.03 Å². The molecule has 1 fully saturated rings. The molecule has 0 bridgehead atoms. The van der Waals surface area contributed by atoms with Crippen LogP contribution in [0, 0.1) is 5.92 Å². The van der Waals surface area contributed by atoms with E-state index in [4.69, 9.17) is 5.73 Å². The average molecular weight is 185 g/mol. The SMILES string of the molecule is NC(=O)NNC(=O)CC1CCCC1. The van der Waals surface area contributed by atoms with Crippen molar-refractivity contribution >= 4 is 11.9 Å². The lowest BCUT2D eigenvalue weighted by Crippen LogP contribution is -2.44. The van der Waals surface area contributed by atoms with Crippen LogP contribution < -0.4 is 16.6 Å². The fourth-order valence-electron chi connectivity index (χ4n) is 1.66. The number of hydrogen-bond donors (Lipinski definition) is 3. The zero-order valence-electron chi connectivity index (χ0n) is 7.51. The number of amides is 3. The molecule has 0 unspecified atom stereocenters. The van der Waals surface area contributed by atoms with Crippen LogP contribution in [0.25, 0.3) is 0 Å². The minimum absolute atomic E-state index is 0.161. The summed E-state index contributed by atoms with van der Waals surface area (Å²) >= 11 is 0. The quantitative estimate of drug-likeness (QED) is 0.539. The van der Waals surface area contributed by atoms with E-state index >= 15 is 0 Å². The second-order valence-electron chi connectivity index (χ2n) is 3.39. The maximum atomic E-state index is 11.1. The van der Waals surface area contributed by atoms with Crippen LogP contribution in [0.1, 0.15) is 32.1 Å². The zero-order valence-corrected chi connectivity index (χ0v) is 7.51. The van der Waals surface area contributed by atoms with Gasteiger partial charge in [0.15, 0.2) is 0 Å². The van der Waals surface area contributed by atoms with Crippen LogP contribution in [0.5, 0.6) is 0 Å². The number of carbonyl (C=O) groups is 2. The van der Waals surface area contributed by atoms with E-state index in [2.05, 4.69) is 10.9 Å². The summed E-state index contributed by atoms with van der Waals surface area (Å²) in [6.07, 6.45) is 5.14. The molecule has 0 spiro atoms. The molecule has 0 aromatic rings. The number of hydrazine groups is 1. The summed E-state index contributed by atoms with van der Waals surface area (Å²) in [5.74, 6) is 0.320. The maximum Gasteiger partial charge on any atom is 0.330 e. The largest absolute Gasteiger partial charge is 0.350 e. The van der Waals surface area contributed by atoms with Crippen molar-refractivity contribution in [2.75, 3.05) is 0 Å². The van der Waals surface area contributed by atoms with Crippen molar-refractivity contribution in [3.05, 3.63) is 0 Å². The van der Waals surface area contributed by atoms with E-state index in [1.807, 2.05) is 0 Å². The van der Waals surface area contributed by atoms with Gasteiger partial charge in [0.2, 0.25) is 5.91 Å². The van der Waals surface area contributed by atoms with Crippen molar-refractivity contribution in [1.29, 1.82) is 0 Å². The molecule has 5 heteroatoms. The number of nitrogens with one attached hydrogen (secondary N) is 2. The van der Waals surface area contributed by atoms with E-state index in [1.54, 1.807) is 0 Å². The number of primary amides is 1. The zero-order chi connectivity index (χ0) is 9.68. The van der Waals surface area contributed by atoms with Crippen molar-refractivity contribution in [3.63, 3.8) is 0 Å². The van der Waals surface area contributed by atoms with Gasteiger partial charge in [-0.15, -0.1) is 0 Å². The van der Waals surface area contributed by atoms with Crippen LogP contribution >= 0.6 is 0 Å². The molecule has 5 nitrogen and oxygen atoms in total. The van der Waals surface area contributed by atoms with E-state index in [0.29, 0.717) is 12.3 Å². The Morgan fingerprint density at radius 1 is 1.23 bits per heavy atom. The molecule has 0 aromatic carbocycles. The summed E-state index contributed by atoms with van der Waals surface area (Å²) in [6, 6.07) is -0.736. The standard InChI is InChI=1S/C8H15N3O2/c9-8(13)11-10-7(12)5-6-3-1-2-4-6/h6H,1-5H2,(H,10,12)(H3,9,11,13). The Bertz CT molecular complexity index is 200. The fraction of sp³-hybridized carbons (Fsp3) is 0.750. The van der Waals surface area contributed by atoms with Gasteiger partial charge in [-0.2, -0.15) is 0 Å². The van der Waals surface area contributed by atoms with Crippen molar-refractivity contribution < 1.29 is 9.59 Å². The molecular formula is C8H15N3O2. The highest BCUT2D eigenvalue weighted by Gasteiger charge is 2.18. The first kappa shape index (κ1) is 9.83. The van der Waals surface area contributed by atoms with Gasteiger partial charge in [0.05, 0.1) is 0 Å². The van der Waals surface area contributed by atoms with Gasteiger partial charge in [-0.3, -0.25) is 10.2 Å². The Kier molecular flexibility index (Phi) is 3.54. The molecular weight excluding hydrogens is 170 g/mol. The summed E-state index contributed by atoms with van der Waals surface area (Å²) in [5, 5.41) is 0. The van der Waals surface area contributed by atoms with Crippen molar-refractivity contribution in [2.45, 2.75) is 32.1 Å². The highest BCUT2D eigenvalue weighted by atomic mass is 16.2. The molecule has 1 saturated carbocycles. The maximum absolute atomic E-state index is 11.1. The van der Waals surface area contributed by atoms with E-state index in [-0.39, 0.29) is 5.91 Å². The van der Waals surface area contributed by atoms with E-state index in [9.17, 15) is 9.59 Å². The predicted octanol–water partition coefficient (Wildman–Crippen LogP) is 0.266. The number of urea groups is 1. The molecule has 0 heterocycles. The highest BCUT2D eigenvalue weighted by molar-refractivity contribution is 5.80. The monoisotopic (exact) mass is 185 g/mol. The van der Waals surface area contributed by atoms with Crippen molar-refractivity contribution in [2.24, 2.45) is 11.7 Å². The highest BCUT2D eigenvalue weighted by Crippen LogP contribution is 2.27. The van der Waals surface area contributed by atoms with Crippen molar-refractivity contribution in [3.8, 4) is 0 Å². The summed E-state index contributed by atoms with van der Waals surface area (Å²) in [6.45, 7) is 0. The Morgan fingerprint density at radius 3 is 2.38 bits per heavy atom. The Balaban J connectivity index is 2.13. The normalized spacial score (nSPS) is 16.9.